The van der Waals surface area contributed by atoms with Gasteiger partial charge in [0.2, 0.25) is 6.54 Å². The summed E-state index contributed by atoms with van der Waals surface area (Å²) in [6, 6.07) is 5.80. The molecule has 15 heavy (non-hydrogen) atoms. The summed E-state index contributed by atoms with van der Waals surface area (Å²) in [7, 11) is 0. The predicted molar refractivity (Wildman–Crippen MR) is 54.3 cm³/mol. The van der Waals surface area contributed by atoms with E-state index in [4.69, 9.17) is 5.11 Å². The maximum atomic E-state index is 10.5. The Labute approximate surface area is 85.8 Å². The Morgan fingerprint density at radius 2 is 1.80 bits per heavy atom. The van der Waals surface area contributed by atoms with Crippen molar-refractivity contribution >= 4 is 11.5 Å². The summed E-state index contributed by atoms with van der Waals surface area (Å²) in [5, 5.41) is 18.8. The normalized spacial score (nSPS) is 9.60. The van der Waals surface area contributed by atoms with E-state index in [9.17, 15) is 14.9 Å². The summed E-state index contributed by atoms with van der Waals surface area (Å²) in [5.74, 6) is -1.03. The number of carboxylic acids is 1. The summed E-state index contributed by atoms with van der Waals surface area (Å²) in [6.07, 6.45) is 0. The average Bonchev–Trinajstić information content (AvgIpc) is 2.17. The van der Waals surface area contributed by atoms with Gasteiger partial charge in [-0.05, 0) is 17.7 Å². The fourth-order valence-corrected chi connectivity index (χ4v) is 1.10. The summed E-state index contributed by atoms with van der Waals surface area (Å²) < 4.78 is 0. The maximum Gasteiger partial charge on any atom is 0.335 e. The SMILES string of the molecule is C=C(C[N+](=O)[O-])c1ccc(C(=O)O)cc1. The fourth-order valence-electron chi connectivity index (χ4n) is 1.10. The van der Waals surface area contributed by atoms with Gasteiger partial charge in [0.05, 0.1) is 5.56 Å². The monoisotopic (exact) mass is 207 g/mol. The van der Waals surface area contributed by atoms with Gasteiger partial charge in [-0.1, -0.05) is 18.7 Å². The number of aromatic carboxylic acids is 1. The largest absolute Gasteiger partial charge is 0.478 e. The molecule has 5 heteroatoms. The molecule has 0 unspecified atom stereocenters. The lowest BCUT2D eigenvalue weighted by Gasteiger charge is -2.01. The van der Waals surface area contributed by atoms with E-state index in [2.05, 4.69) is 6.58 Å². The molecule has 1 aromatic carbocycles. The van der Waals surface area contributed by atoms with Crippen LogP contribution >= 0.6 is 0 Å². The highest BCUT2D eigenvalue weighted by molar-refractivity contribution is 5.88. The Balaban J connectivity index is 2.84. The van der Waals surface area contributed by atoms with Crippen molar-refractivity contribution < 1.29 is 14.8 Å². The number of carbonyl (C=O) groups is 1. The molecule has 0 atom stereocenters. The van der Waals surface area contributed by atoms with Crippen molar-refractivity contribution in [2.45, 2.75) is 0 Å². The second kappa shape index (κ2) is 4.36. The van der Waals surface area contributed by atoms with Crippen LogP contribution in [0, 0.1) is 10.1 Å². The van der Waals surface area contributed by atoms with E-state index < -0.39 is 10.9 Å². The molecule has 0 spiro atoms. The Morgan fingerprint density at radius 1 is 1.33 bits per heavy atom. The zero-order valence-corrected chi connectivity index (χ0v) is 7.84. The highest BCUT2D eigenvalue weighted by Gasteiger charge is 2.07. The van der Waals surface area contributed by atoms with Crippen molar-refractivity contribution in [3.05, 3.63) is 52.1 Å². The molecule has 0 saturated heterocycles. The Hall–Kier alpha value is -2.17. The molecule has 0 radical (unpaired) electrons. The Bertz CT molecular complexity index is 408. The van der Waals surface area contributed by atoms with Crippen LogP contribution in [0.3, 0.4) is 0 Å². The van der Waals surface area contributed by atoms with E-state index in [1.54, 1.807) is 0 Å². The van der Waals surface area contributed by atoms with Gasteiger partial charge >= 0.3 is 5.97 Å². The standard InChI is InChI=1S/C10H9NO4/c1-7(6-11(14)15)8-2-4-9(5-3-8)10(12)13/h2-5H,1,6H2,(H,12,13). The van der Waals surface area contributed by atoms with Crippen LogP contribution in [0.1, 0.15) is 15.9 Å². The number of benzene rings is 1. The summed E-state index contributed by atoms with van der Waals surface area (Å²) in [5.41, 5.74) is 1.08. The molecular weight excluding hydrogens is 198 g/mol. The lowest BCUT2D eigenvalue weighted by atomic mass is 10.1. The van der Waals surface area contributed by atoms with Gasteiger partial charge in [0, 0.05) is 10.5 Å². The highest BCUT2D eigenvalue weighted by atomic mass is 16.6. The molecule has 5 nitrogen and oxygen atoms in total. The molecular formula is C10H9NO4. The third kappa shape index (κ3) is 2.91. The van der Waals surface area contributed by atoms with Gasteiger partial charge < -0.3 is 5.11 Å². The van der Waals surface area contributed by atoms with E-state index in [1.165, 1.54) is 24.3 Å². The lowest BCUT2D eigenvalue weighted by molar-refractivity contribution is -0.465. The second-order valence-electron chi connectivity index (χ2n) is 2.98. The van der Waals surface area contributed by atoms with Crippen molar-refractivity contribution in [1.29, 1.82) is 0 Å². The van der Waals surface area contributed by atoms with Crippen molar-refractivity contribution in [3.8, 4) is 0 Å². The molecule has 0 heterocycles. The van der Waals surface area contributed by atoms with Gasteiger partial charge in [-0.2, -0.15) is 0 Å². The molecule has 0 aliphatic heterocycles. The minimum absolute atomic E-state index is 0.146. The fraction of sp³-hybridized carbons (Fsp3) is 0.100. The van der Waals surface area contributed by atoms with Crippen molar-refractivity contribution in [2.75, 3.05) is 6.54 Å². The molecule has 0 aliphatic rings. The molecule has 0 aromatic heterocycles. The van der Waals surface area contributed by atoms with Crippen LogP contribution < -0.4 is 0 Å². The topological polar surface area (TPSA) is 80.4 Å². The second-order valence-corrected chi connectivity index (χ2v) is 2.98. The van der Waals surface area contributed by atoms with Crippen LogP contribution in [0.2, 0.25) is 0 Å². The summed E-state index contributed by atoms with van der Waals surface area (Å²) in [6.45, 7) is 3.21. The third-order valence-corrected chi connectivity index (χ3v) is 1.86. The molecule has 1 aromatic rings. The first kappa shape index (κ1) is 10.9. The van der Waals surface area contributed by atoms with Crippen LogP contribution in [0.15, 0.2) is 30.8 Å². The third-order valence-electron chi connectivity index (χ3n) is 1.86. The van der Waals surface area contributed by atoms with Crippen LogP contribution in [0.4, 0.5) is 0 Å². The van der Waals surface area contributed by atoms with Gasteiger partial charge in [-0.25, -0.2) is 4.79 Å². The summed E-state index contributed by atoms with van der Waals surface area (Å²) in [4.78, 5) is 20.3. The average molecular weight is 207 g/mol. The Morgan fingerprint density at radius 3 is 2.20 bits per heavy atom. The number of nitrogens with zero attached hydrogens (tertiary/aromatic N) is 1. The number of rotatable bonds is 4. The van der Waals surface area contributed by atoms with Crippen LogP contribution in [-0.2, 0) is 0 Å². The van der Waals surface area contributed by atoms with E-state index in [-0.39, 0.29) is 12.1 Å². The first-order chi connectivity index (χ1) is 7.00. The molecule has 0 amide bonds. The predicted octanol–water partition coefficient (Wildman–Crippen LogP) is 1.67. The first-order valence-electron chi connectivity index (χ1n) is 4.14. The minimum atomic E-state index is -1.03. The van der Waals surface area contributed by atoms with E-state index in [0.717, 1.165) is 0 Å². The summed E-state index contributed by atoms with van der Waals surface area (Å²) >= 11 is 0. The van der Waals surface area contributed by atoms with Gasteiger partial charge in [0.15, 0.2) is 0 Å². The van der Waals surface area contributed by atoms with E-state index >= 15 is 0 Å². The minimum Gasteiger partial charge on any atom is -0.478 e. The molecule has 0 bridgehead atoms. The van der Waals surface area contributed by atoms with Gasteiger partial charge in [-0.15, -0.1) is 0 Å². The number of hydrogen-bond acceptors (Lipinski definition) is 3. The number of carboxylic acid groups (broad SMARTS) is 1. The van der Waals surface area contributed by atoms with E-state index in [1.807, 2.05) is 0 Å². The van der Waals surface area contributed by atoms with Crippen LogP contribution in [-0.4, -0.2) is 22.5 Å². The molecule has 0 saturated carbocycles. The van der Waals surface area contributed by atoms with Gasteiger partial charge in [0.25, 0.3) is 0 Å². The maximum absolute atomic E-state index is 10.5. The molecule has 0 aliphatic carbocycles. The molecule has 1 N–H and O–H groups in total. The number of nitro groups is 1. The van der Waals surface area contributed by atoms with Gasteiger partial charge in [0.1, 0.15) is 0 Å². The molecule has 1 rings (SSSR count). The molecule has 78 valence electrons. The van der Waals surface area contributed by atoms with Crippen molar-refractivity contribution in [2.24, 2.45) is 0 Å². The quantitative estimate of drug-likeness (QED) is 0.601. The van der Waals surface area contributed by atoms with Crippen LogP contribution in [0.5, 0.6) is 0 Å². The van der Waals surface area contributed by atoms with Crippen LogP contribution in [0.25, 0.3) is 5.57 Å². The smallest absolute Gasteiger partial charge is 0.335 e. The lowest BCUT2D eigenvalue weighted by Crippen LogP contribution is -2.03. The van der Waals surface area contributed by atoms with Gasteiger partial charge in [-0.3, -0.25) is 10.1 Å². The van der Waals surface area contributed by atoms with Crippen molar-refractivity contribution in [3.63, 3.8) is 0 Å². The van der Waals surface area contributed by atoms with Crippen molar-refractivity contribution in [1.82, 2.24) is 0 Å². The Kier molecular flexibility index (Phi) is 3.17. The van der Waals surface area contributed by atoms with E-state index in [0.29, 0.717) is 11.1 Å². The highest BCUT2D eigenvalue weighted by Crippen LogP contribution is 2.13. The number of hydrogen-bond donors (Lipinski definition) is 1. The zero-order valence-electron chi connectivity index (χ0n) is 7.84. The zero-order chi connectivity index (χ0) is 11.4. The molecule has 0 fully saturated rings. The first-order valence-corrected chi connectivity index (χ1v) is 4.14.